The fourth-order valence-corrected chi connectivity index (χ4v) is 2.56. The zero-order chi connectivity index (χ0) is 16.7. The van der Waals surface area contributed by atoms with Crippen LogP contribution in [-0.4, -0.2) is 36.8 Å². The van der Waals surface area contributed by atoms with Gasteiger partial charge in [0.1, 0.15) is 5.03 Å². The molecule has 122 valence electrons. The Morgan fingerprint density at radius 1 is 1.26 bits per heavy atom. The number of para-hydroxylation sites is 1. The van der Waals surface area contributed by atoms with Gasteiger partial charge in [-0.15, -0.1) is 0 Å². The molecular formula is C16H17F2N3OS. The van der Waals surface area contributed by atoms with Gasteiger partial charge in [-0.25, -0.2) is 4.98 Å². The van der Waals surface area contributed by atoms with Crippen LogP contribution in [0.5, 0.6) is 0 Å². The predicted molar refractivity (Wildman–Crippen MR) is 88.1 cm³/mol. The average Bonchev–Trinajstić information content (AvgIpc) is 2.55. The molecule has 0 saturated heterocycles. The van der Waals surface area contributed by atoms with Crippen molar-refractivity contribution in [2.45, 2.75) is 10.8 Å². The van der Waals surface area contributed by atoms with Gasteiger partial charge >= 0.3 is 0 Å². The van der Waals surface area contributed by atoms with Crippen LogP contribution in [0.3, 0.4) is 0 Å². The summed E-state index contributed by atoms with van der Waals surface area (Å²) in [5, 5.41) is 2.77. The standard InChI is InChI=1S/C16H17F2N3OS/c1-21(12-6-3-2-4-7-12)11-10-19-14(22)13-8-5-9-20-15(13)23-16(17)18/h2-9,16H,10-11H2,1H3,(H,19,22). The number of likely N-dealkylation sites (N-methyl/N-ethyl adjacent to an activating group) is 1. The molecule has 2 rings (SSSR count). The van der Waals surface area contributed by atoms with Crippen molar-refractivity contribution in [2.24, 2.45) is 0 Å². The van der Waals surface area contributed by atoms with Gasteiger partial charge in [0, 0.05) is 32.0 Å². The third-order valence-corrected chi connectivity index (χ3v) is 3.87. The van der Waals surface area contributed by atoms with E-state index in [1.165, 1.54) is 12.3 Å². The number of amides is 1. The summed E-state index contributed by atoms with van der Waals surface area (Å²) in [6, 6.07) is 12.8. The van der Waals surface area contributed by atoms with Crippen molar-refractivity contribution in [3.8, 4) is 0 Å². The lowest BCUT2D eigenvalue weighted by molar-refractivity contribution is 0.0951. The zero-order valence-corrected chi connectivity index (χ0v) is 13.4. The Hall–Kier alpha value is -2.15. The molecule has 1 amide bonds. The molecule has 0 bridgehead atoms. The first-order chi connectivity index (χ1) is 11.1. The van der Waals surface area contributed by atoms with Crippen LogP contribution in [0.2, 0.25) is 0 Å². The van der Waals surface area contributed by atoms with Crippen molar-refractivity contribution >= 4 is 23.4 Å². The third kappa shape index (κ3) is 5.21. The number of alkyl halides is 2. The summed E-state index contributed by atoms with van der Waals surface area (Å²) in [4.78, 5) is 18.0. The SMILES string of the molecule is CN(CCNC(=O)c1cccnc1SC(F)F)c1ccccc1. The van der Waals surface area contributed by atoms with Gasteiger partial charge in [-0.05, 0) is 36.0 Å². The van der Waals surface area contributed by atoms with Crippen LogP contribution in [0.4, 0.5) is 14.5 Å². The maximum absolute atomic E-state index is 12.5. The van der Waals surface area contributed by atoms with Crippen molar-refractivity contribution < 1.29 is 13.6 Å². The molecule has 0 spiro atoms. The lowest BCUT2D eigenvalue weighted by Crippen LogP contribution is -2.33. The normalized spacial score (nSPS) is 10.6. The van der Waals surface area contributed by atoms with Crippen LogP contribution in [0.25, 0.3) is 0 Å². The lowest BCUT2D eigenvalue weighted by Gasteiger charge is -2.19. The molecule has 4 nitrogen and oxygen atoms in total. The topological polar surface area (TPSA) is 45.2 Å². The van der Waals surface area contributed by atoms with Crippen molar-refractivity contribution in [3.05, 3.63) is 54.2 Å². The molecule has 0 fully saturated rings. The van der Waals surface area contributed by atoms with E-state index in [4.69, 9.17) is 0 Å². The number of carbonyl (C=O) groups excluding carboxylic acids is 1. The highest BCUT2D eigenvalue weighted by Gasteiger charge is 2.16. The van der Waals surface area contributed by atoms with Crippen LogP contribution in [-0.2, 0) is 0 Å². The Bertz CT molecular complexity index is 640. The van der Waals surface area contributed by atoms with Crippen molar-refractivity contribution in [3.63, 3.8) is 0 Å². The molecule has 1 heterocycles. The minimum Gasteiger partial charge on any atom is -0.373 e. The summed E-state index contributed by atoms with van der Waals surface area (Å²) in [5.41, 5.74) is 1.21. The third-order valence-electron chi connectivity index (χ3n) is 3.15. The number of hydrogen-bond acceptors (Lipinski definition) is 4. The molecule has 0 saturated carbocycles. The Kier molecular flexibility index (Phi) is 6.34. The summed E-state index contributed by atoms with van der Waals surface area (Å²) < 4.78 is 25.0. The van der Waals surface area contributed by atoms with Gasteiger partial charge in [-0.2, -0.15) is 8.78 Å². The number of rotatable bonds is 7. The molecule has 0 aliphatic rings. The quantitative estimate of drug-likeness (QED) is 0.788. The van der Waals surface area contributed by atoms with Gasteiger partial charge in [0.25, 0.3) is 11.7 Å². The number of nitrogens with zero attached hydrogens (tertiary/aromatic N) is 2. The Labute approximate surface area is 137 Å². The minimum absolute atomic E-state index is 0.0383. The van der Waals surface area contributed by atoms with E-state index in [-0.39, 0.29) is 22.4 Å². The first kappa shape index (κ1) is 17.2. The molecule has 1 aromatic heterocycles. The molecule has 0 aliphatic carbocycles. The number of nitrogens with one attached hydrogen (secondary N) is 1. The molecule has 7 heteroatoms. The Morgan fingerprint density at radius 2 is 2.00 bits per heavy atom. The van der Waals surface area contributed by atoms with E-state index in [9.17, 15) is 13.6 Å². The van der Waals surface area contributed by atoms with Crippen molar-refractivity contribution in [2.75, 3.05) is 25.0 Å². The van der Waals surface area contributed by atoms with E-state index in [2.05, 4.69) is 10.3 Å². The predicted octanol–water partition coefficient (Wildman–Crippen LogP) is 3.26. The van der Waals surface area contributed by atoms with Crippen LogP contribution >= 0.6 is 11.8 Å². The molecule has 0 atom stereocenters. The number of pyridine rings is 1. The first-order valence-electron chi connectivity index (χ1n) is 7.02. The van der Waals surface area contributed by atoms with Gasteiger partial charge in [0.2, 0.25) is 0 Å². The fourth-order valence-electron chi connectivity index (χ4n) is 1.99. The smallest absolute Gasteiger partial charge is 0.290 e. The molecule has 0 unspecified atom stereocenters. The number of thioether (sulfide) groups is 1. The number of hydrogen-bond donors (Lipinski definition) is 1. The molecule has 2 aromatic rings. The van der Waals surface area contributed by atoms with E-state index >= 15 is 0 Å². The van der Waals surface area contributed by atoms with Crippen LogP contribution in [0.15, 0.2) is 53.7 Å². The summed E-state index contributed by atoms with van der Waals surface area (Å²) in [6.45, 7) is 1.01. The molecule has 23 heavy (non-hydrogen) atoms. The number of carbonyl (C=O) groups is 1. The minimum atomic E-state index is -2.61. The zero-order valence-electron chi connectivity index (χ0n) is 12.6. The highest BCUT2D eigenvalue weighted by Crippen LogP contribution is 2.26. The van der Waals surface area contributed by atoms with Gasteiger partial charge in [-0.3, -0.25) is 4.79 Å². The fraction of sp³-hybridized carbons (Fsp3) is 0.250. The maximum Gasteiger partial charge on any atom is 0.290 e. The van der Waals surface area contributed by atoms with Gasteiger partial charge in [0.05, 0.1) is 5.56 Å². The largest absolute Gasteiger partial charge is 0.373 e. The van der Waals surface area contributed by atoms with Crippen molar-refractivity contribution in [1.82, 2.24) is 10.3 Å². The monoisotopic (exact) mass is 337 g/mol. The van der Waals surface area contributed by atoms with E-state index in [0.717, 1.165) is 5.69 Å². The second-order valence-electron chi connectivity index (χ2n) is 4.75. The lowest BCUT2D eigenvalue weighted by atomic mass is 10.2. The average molecular weight is 337 g/mol. The Balaban J connectivity index is 1.90. The summed E-state index contributed by atoms with van der Waals surface area (Å²) in [6.07, 6.45) is 1.39. The second kappa shape index (κ2) is 8.47. The second-order valence-corrected chi connectivity index (χ2v) is 5.73. The molecule has 0 radical (unpaired) electrons. The molecule has 1 N–H and O–H groups in total. The number of halogens is 2. The summed E-state index contributed by atoms with van der Waals surface area (Å²) in [7, 11) is 1.92. The van der Waals surface area contributed by atoms with E-state index in [1.54, 1.807) is 6.07 Å². The molecular weight excluding hydrogens is 320 g/mol. The Morgan fingerprint density at radius 3 is 2.70 bits per heavy atom. The molecule has 0 aliphatic heterocycles. The van der Waals surface area contributed by atoms with Gasteiger partial charge < -0.3 is 10.2 Å². The number of anilines is 1. The number of aromatic nitrogens is 1. The van der Waals surface area contributed by atoms with E-state index in [0.29, 0.717) is 13.1 Å². The summed E-state index contributed by atoms with van der Waals surface area (Å²) in [5.74, 6) is -3.01. The maximum atomic E-state index is 12.5. The van der Waals surface area contributed by atoms with E-state index in [1.807, 2.05) is 42.3 Å². The van der Waals surface area contributed by atoms with Crippen LogP contribution < -0.4 is 10.2 Å². The van der Waals surface area contributed by atoms with Crippen LogP contribution in [0.1, 0.15) is 10.4 Å². The molecule has 1 aromatic carbocycles. The van der Waals surface area contributed by atoms with Gasteiger partial charge in [-0.1, -0.05) is 18.2 Å². The van der Waals surface area contributed by atoms with Crippen LogP contribution in [0, 0.1) is 0 Å². The summed E-state index contributed by atoms with van der Waals surface area (Å²) >= 11 is 0.274. The number of benzene rings is 1. The highest BCUT2D eigenvalue weighted by atomic mass is 32.2. The first-order valence-corrected chi connectivity index (χ1v) is 7.90. The van der Waals surface area contributed by atoms with Gasteiger partial charge in [0.15, 0.2) is 0 Å². The highest BCUT2D eigenvalue weighted by molar-refractivity contribution is 7.99. The van der Waals surface area contributed by atoms with Crippen molar-refractivity contribution in [1.29, 1.82) is 0 Å². The van der Waals surface area contributed by atoms with E-state index < -0.39 is 11.7 Å².